The summed E-state index contributed by atoms with van der Waals surface area (Å²) in [5.41, 5.74) is -6.68. The smallest absolute Gasteiger partial charge is 0.207 e. The van der Waals surface area contributed by atoms with Crippen LogP contribution in [0.2, 0.25) is 0 Å². The van der Waals surface area contributed by atoms with Crippen molar-refractivity contribution >= 4 is 0 Å². The predicted molar refractivity (Wildman–Crippen MR) is 70.4 cm³/mol. The normalized spacial score (nSPS) is 12.8. The second-order valence-corrected chi connectivity index (χ2v) is 4.94. The van der Waals surface area contributed by atoms with E-state index in [-0.39, 0.29) is 5.56 Å². The third-order valence-corrected chi connectivity index (χ3v) is 3.57. The Morgan fingerprint density at radius 1 is 0.667 bits per heavy atom. The summed E-state index contributed by atoms with van der Waals surface area (Å²) in [6.45, 7) is 0. The lowest BCUT2D eigenvalue weighted by atomic mass is 9.73. The minimum absolute atomic E-state index is 0.0869. The molecule has 24 heavy (non-hydrogen) atoms. The van der Waals surface area contributed by atoms with Crippen molar-refractivity contribution in [1.29, 1.82) is 5.26 Å². The molecule has 1 nitrogen and oxygen atoms in total. The van der Waals surface area contributed by atoms with Crippen LogP contribution in [0.3, 0.4) is 0 Å². The number of alkyl halides is 6. The maximum atomic E-state index is 13.6. The van der Waals surface area contributed by atoms with E-state index in [1.54, 1.807) is 6.07 Å². The molecule has 2 aromatic rings. The fraction of sp³-hybridized carbons (Fsp3) is 0.188. The largest absolute Gasteiger partial charge is 0.411 e. The fourth-order valence-electron chi connectivity index (χ4n) is 2.48. The van der Waals surface area contributed by atoms with Crippen LogP contribution in [0.5, 0.6) is 0 Å². The van der Waals surface area contributed by atoms with Gasteiger partial charge in [-0.2, -0.15) is 31.6 Å². The first kappa shape index (κ1) is 17.8. The second-order valence-electron chi connectivity index (χ2n) is 4.94. The van der Waals surface area contributed by atoms with Crippen LogP contribution in [0.15, 0.2) is 48.5 Å². The molecule has 0 aliphatic carbocycles. The van der Waals surface area contributed by atoms with Gasteiger partial charge in [0.15, 0.2) is 0 Å². The molecule has 0 fully saturated rings. The van der Waals surface area contributed by atoms with E-state index < -0.39 is 34.7 Å². The van der Waals surface area contributed by atoms with E-state index in [1.807, 2.05) is 0 Å². The molecule has 0 aromatic heterocycles. The maximum absolute atomic E-state index is 13.6. The van der Waals surface area contributed by atoms with E-state index in [2.05, 4.69) is 0 Å². The van der Waals surface area contributed by atoms with E-state index >= 15 is 0 Å². The summed E-state index contributed by atoms with van der Waals surface area (Å²) in [6.07, 6.45) is -11.5. The molecular weight excluding hydrogens is 339 g/mol. The topological polar surface area (TPSA) is 23.8 Å². The minimum Gasteiger partial charge on any atom is -0.207 e. The Kier molecular flexibility index (Phi) is 4.31. The summed E-state index contributed by atoms with van der Waals surface area (Å²) in [6, 6.07) is 6.52. The van der Waals surface area contributed by atoms with Crippen molar-refractivity contribution in [3.05, 3.63) is 71.0 Å². The van der Waals surface area contributed by atoms with Crippen LogP contribution in [-0.4, -0.2) is 12.4 Å². The lowest BCUT2D eigenvalue weighted by molar-refractivity contribution is -0.288. The quantitative estimate of drug-likeness (QED) is 0.693. The number of nitriles is 1. The first-order valence-electron chi connectivity index (χ1n) is 6.44. The van der Waals surface area contributed by atoms with Crippen LogP contribution in [0.4, 0.5) is 30.7 Å². The third-order valence-electron chi connectivity index (χ3n) is 3.57. The zero-order valence-electron chi connectivity index (χ0n) is 11.7. The Bertz CT molecular complexity index is 735. The Morgan fingerprint density at radius 2 is 1.04 bits per heavy atom. The van der Waals surface area contributed by atoms with Crippen LogP contribution in [0.1, 0.15) is 16.7 Å². The SMILES string of the molecule is N#Cc1ccc(C(c2ccc(F)cc2)(C(F)(F)F)C(F)(F)F)cc1. The Balaban J connectivity index is 2.86. The van der Waals surface area contributed by atoms with Gasteiger partial charge in [-0.15, -0.1) is 0 Å². The highest BCUT2D eigenvalue weighted by atomic mass is 19.4. The molecule has 0 N–H and O–H groups in total. The van der Waals surface area contributed by atoms with Crippen molar-refractivity contribution in [2.45, 2.75) is 17.8 Å². The summed E-state index contributed by atoms with van der Waals surface area (Å²) < 4.78 is 94.9. The lowest BCUT2D eigenvalue weighted by Crippen LogP contribution is -2.54. The van der Waals surface area contributed by atoms with Gasteiger partial charge in [-0.3, -0.25) is 0 Å². The van der Waals surface area contributed by atoms with Crippen molar-refractivity contribution in [1.82, 2.24) is 0 Å². The van der Waals surface area contributed by atoms with Crippen LogP contribution in [0, 0.1) is 17.1 Å². The number of nitrogens with zero attached hydrogens (tertiary/aromatic N) is 1. The molecule has 2 rings (SSSR count). The van der Waals surface area contributed by atoms with Gasteiger partial charge in [0, 0.05) is 0 Å². The number of hydrogen-bond donors (Lipinski definition) is 0. The van der Waals surface area contributed by atoms with Crippen molar-refractivity contribution in [3.63, 3.8) is 0 Å². The second kappa shape index (κ2) is 5.82. The molecule has 0 atom stereocenters. The van der Waals surface area contributed by atoms with E-state index in [0.717, 1.165) is 12.1 Å². The molecule has 0 unspecified atom stereocenters. The monoisotopic (exact) mass is 347 g/mol. The molecule has 126 valence electrons. The lowest BCUT2D eigenvalue weighted by Gasteiger charge is -2.38. The van der Waals surface area contributed by atoms with Gasteiger partial charge >= 0.3 is 12.4 Å². The molecule has 0 bridgehead atoms. The molecule has 8 heteroatoms. The Morgan fingerprint density at radius 3 is 1.38 bits per heavy atom. The van der Waals surface area contributed by atoms with Crippen molar-refractivity contribution in [3.8, 4) is 6.07 Å². The van der Waals surface area contributed by atoms with E-state index in [4.69, 9.17) is 5.26 Å². The van der Waals surface area contributed by atoms with Gasteiger partial charge in [-0.05, 0) is 35.4 Å². The van der Waals surface area contributed by atoms with E-state index in [1.165, 1.54) is 0 Å². The number of hydrogen-bond acceptors (Lipinski definition) is 1. The molecule has 0 heterocycles. The highest BCUT2D eigenvalue weighted by Crippen LogP contribution is 2.56. The molecule has 0 aliphatic heterocycles. The molecule has 2 aromatic carbocycles. The summed E-state index contributed by atoms with van der Waals surface area (Å²) in [7, 11) is 0. The summed E-state index contributed by atoms with van der Waals surface area (Å²) >= 11 is 0. The highest BCUT2D eigenvalue weighted by Gasteiger charge is 2.72. The van der Waals surface area contributed by atoms with E-state index in [0.29, 0.717) is 36.4 Å². The number of rotatable bonds is 2. The third kappa shape index (κ3) is 2.70. The highest BCUT2D eigenvalue weighted by molar-refractivity contribution is 5.46. The van der Waals surface area contributed by atoms with Crippen LogP contribution in [0.25, 0.3) is 0 Å². The van der Waals surface area contributed by atoms with Gasteiger partial charge in [0.1, 0.15) is 5.82 Å². The Hall–Kier alpha value is -2.56. The average Bonchev–Trinajstić information content (AvgIpc) is 2.47. The summed E-state index contributed by atoms with van der Waals surface area (Å²) in [5.74, 6) is -0.961. The molecule has 0 spiro atoms. The van der Waals surface area contributed by atoms with Crippen molar-refractivity contribution < 1.29 is 30.7 Å². The fourth-order valence-corrected chi connectivity index (χ4v) is 2.48. The van der Waals surface area contributed by atoms with Crippen LogP contribution < -0.4 is 0 Å². The Labute approximate surface area is 131 Å². The predicted octanol–water partition coefficient (Wildman–Crippen LogP) is 5.11. The van der Waals surface area contributed by atoms with Gasteiger partial charge < -0.3 is 0 Å². The van der Waals surface area contributed by atoms with Gasteiger partial charge in [-0.25, -0.2) is 4.39 Å². The first-order chi connectivity index (χ1) is 11.0. The summed E-state index contributed by atoms with van der Waals surface area (Å²) in [5, 5.41) is 8.66. The number of benzene rings is 2. The molecule has 0 saturated heterocycles. The van der Waals surface area contributed by atoms with Crippen LogP contribution >= 0.6 is 0 Å². The molecule has 0 saturated carbocycles. The molecule has 0 amide bonds. The van der Waals surface area contributed by atoms with Gasteiger partial charge in [-0.1, -0.05) is 24.3 Å². The van der Waals surface area contributed by atoms with Gasteiger partial charge in [0.25, 0.3) is 0 Å². The average molecular weight is 347 g/mol. The first-order valence-corrected chi connectivity index (χ1v) is 6.44. The minimum atomic E-state index is -5.74. The zero-order chi connectivity index (χ0) is 18.2. The molecule has 0 radical (unpaired) electrons. The van der Waals surface area contributed by atoms with Gasteiger partial charge in [0.2, 0.25) is 5.41 Å². The molecular formula is C16H8F7N. The van der Waals surface area contributed by atoms with Gasteiger partial charge in [0.05, 0.1) is 11.6 Å². The zero-order valence-corrected chi connectivity index (χ0v) is 11.7. The molecule has 0 aliphatic rings. The van der Waals surface area contributed by atoms with Crippen molar-refractivity contribution in [2.75, 3.05) is 0 Å². The number of halogens is 7. The standard InChI is InChI=1S/C16H8F7N/c17-13-7-5-12(6-8-13)14(15(18,19)20,16(21,22)23)11-3-1-10(9-24)2-4-11/h1-8H. The van der Waals surface area contributed by atoms with Crippen LogP contribution in [-0.2, 0) is 5.41 Å². The van der Waals surface area contributed by atoms with Crippen molar-refractivity contribution in [2.24, 2.45) is 0 Å². The maximum Gasteiger partial charge on any atom is 0.411 e. The van der Waals surface area contributed by atoms with E-state index in [9.17, 15) is 30.7 Å². The summed E-state index contributed by atoms with van der Waals surface area (Å²) in [4.78, 5) is 0.